The average Bonchev–Trinajstić information content (AvgIpc) is 2.45. The third kappa shape index (κ3) is 3.71. The van der Waals surface area contributed by atoms with Gasteiger partial charge in [-0.25, -0.2) is 13.1 Å². The summed E-state index contributed by atoms with van der Waals surface area (Å²) in [4.78, 5) is 2.53. The van der Waals surface area contributed by atoms with E-state index in [0.29, 0.717) is 11.4 Å². The van der Waals surface area contributed by atoms with E-state index < -0.39 is 10.0 Å². The van der Waals surface area contributed by atoms with Gasteiger partial charge < -0.3 is 10.6 Å². The van der Waals surface area contributed by atoms with Crippen LogP contribution in [0.25, 0.3) is 0 Å². The van der Waals surface area contributed by atoms with Gasteiger partial charge in [-0.05, 0) is 43.5 Å². The summed E-state index contributed by atoms with van der Waals surface area (Å²) < 4.78 is 26.5. The number of hydrogen-bond acceptors (Lipinski definition) is 4. The van der Waals surface area contributed by atoms with Crippen molar-refractivity contribution in [2.24, 2.45) is 5.73 Å². The molecular formula is C14H23N3O2S. The lowest BCUT2D eigenvalue weighted by molar-refractivity contribution is 0.506. The third-order valence-electron chi connectivity index (χ3n) is 3.51. The molecule has 0 bridgehead atoms. The van der Waals surface area contributed by atoms with E-state index >= 15 is 0 Å². The van der Waals surface area contributed by atoms with E-state index in [1.165, 1.54) is 0 Å². The molecule has 1 heterocycles. The van der Waals surface area contributed by atoms with Gasteiger partial charge in [0.15, 0.2) is 0 Å². The Hall–Kier alpha value is -1.11. The molecule has 5 nitrogen and oxygen atoms in total. The van der Waals surface area contributed by atoms with Crippen LogP contribution < -0.4 is 15.4 Å². The van der Waals surface area contributed by atoms with Crippen molar-refractivity contribution in [1.29, 1.82) is 0 Å². The second-order valence-electron chi connectivity index (χ2n) is 5.24. The number of anilines is 1. The maximum Gasteiger partial charge on any atom is 0.240 e. The van der Waals surface area contributed by atoms with Gasteiger partial charge in [0.2, 0.25) is 10.0 Å². The summed E-state index contributed by atoms with van der Waals surface area (Å²) in [6, 6.07) is 7.25. The highest BCUT2D eigenvalue weighted by Gasteiger charge is 2.18. The third-order valence-corrected chi connectivity index (χ3v) is 4.99. The Morgan fingerprint density at radius 3 is 2.65 bits per heavy atom. The van der Waals surface area contributed by atoms with Gasteiger partial charge in [0, 0.05) is 31.4 Å². The van der Waals surface area contributed by atoms with Crippen molar-refractivity contribution in [3.8, 4) is 0 Å². The lowest BCUT2D eigenvalue weighted by atomic mass is 10.1. The van der Waals surface area contributed by atoms with Gasteiger partial charge in [0.1, 0.15) is 0 Å². The Morgan fingerprint density at radius 1 is 1.35 bits per heavy atom. The normalized spacial score (nSPS) is 20.1. The lowest BCUT2D eigenvalue weighted by Gasteiger charge is -2.32. The fourth-order valence-electron chi connectivity index (χ4n) is 2.40. The standard InChI is InChI=1S/C14H23N3O2S/c1-2-9-16-20(18,19)14-7-5-13(6-8-14)17-10-3-4-12(15)11-17/h5-8,12,16H,2-4,9-11,15H2,1H3/t12-/m1/s1. The summed E-state index contributed by atoms with van der Waals surface area (Å²) in [5, 5.41) is 0. The maximum atomic E-state index is 12.0. The van der Waals surface area contributed by atoms with Crippen LogP contribution in [-0.4, -0.2) is 34.1 Å². The van der Waals surface area contributed by atoms with Crippen LogP contribution in [0.4, 0.5) is 5.69 Å². The number of nitrogens with one attached hydrogen (secondary N) is 1. The van der Waals surface area contributed by atoms with Gasteiger partial charge in [-0.1, -0.05) is 6.92 Å². The van der Waals surface area contributed by atoms with Crippen molar-refractivity contribution in [3.05, 3.63) is 24.3 Å². The molecule has 1 aromatic carbocycles. The Balaban J connectivity index is 2.10. The predicted octanol–water partition coefficient (Wildman–Crippen LogP) is 1.30. The summed E-state index contributed by atoms with van der Waals surface area (Å²) in [7, 11) is -3.37. The zero-order valence-corrected chi connectivity index (χ0v) is 12.7. The van der Waals surface area contributed by atoms with Crippen LogP contribution in [0.3, 0.4) is 0 Å². The number of rotatable bonds is 5. The molecule has 0 radical (unpaired) electrons. The smallest absolute Gasteiger partial charge is 0.240 e. The highest BCUT2D eigenvalue weighted by atomic mass is 32.2. The van der Waals surface area contributed by atoms with E-state index in [1.807, 2.05) is 19.1 Å². The number of benzene rings is 1. The van der Waals surface area contributed by atoms with Crippen molar-refractivity contribution >= 4 is 15.7 Å². The topological polar surface area (TPSA) is 75.4 Å². The van der Waals surface area contributed by atoms with Crippen LogP contribution in [0, 0.1) is 0 Å². The number of hydrogen-bond donors (Lipinski definition) is 2. The monoisotopic (exact) mass is 297 g/mol. The van der Waals surface area contributed by atoms with E-state index in [2.05, 4.69) is 9.62 Å². The molecule has 0 saturated carbocycles. The second-order valence-corrected chi connectivity index (χ2v) is 7.01. The van der Waals surface area contributed by atoms with E-state index in [-0.39, 0.29) is 6.04 Å². The first kappa shape index (κ1) is 15.3. The van der Waals surface area contributed by atoms with Crippen molar-refractivity contribution in [1.82, 2.24) is 4.72 Å². The fourth-order valence-corrected chi connectivity index (χ4v) is 3.53. The molecule has 0 aromatic heterocycles. The number of nitrogens with zero attached hydrogens (tertiary/aromatic N) is 1. The summed E-state index contributed by atoms with van der Waals surface area (Å²) in [5.74, 6) is 0. The van der Waals surface area contributed by atoms with Crippen molar-refractivity contribution in [3.63, 3.8) is 0 Å². The van der Waals surface area contributed by atoms with Gasteiger partial charge in [0.25, 0.3) is 0 Å². The first-order valence-corrected chi connectivity index (χ1v) is 8.61. The Morgan fingerprint density at radius 2 is 2.05 bits per heavy atom. The van der Waals surface area contributed by atoms with Gasteiger partial charge in [-0.2, -0.15) is 0 Å². The molecule has 0 amide bonds. The van der Waals surface area contributed by atoms with Gasteiger partial charge in [-0.15, -0.1) is 0 Å². The van der Waals surface area contributed by atoms with Crippen LogP contribution in [0.15, 0.2) is 29.2 Å². The average molecular weight is 297 g/mol. The molecule has 0 unspecified atom stereocenters. The van der Waals surface area contributed by atoms with E-state index in [0.717, 1.165) is 38.0 Å². The molecule has 1 aliphatic rings. The quantitative estimate of drug-likeness (QED) is 0.859. The molecule has 2 rings (SSSR count). The second kappa shape index (κ2) is 6.56. The van der Waals surface area contributed by atoms with Crippen molar-refractivity contribution in [2.45, 2.75) is 37.1 Å². The van der Waals surface area contributed by atoms with Crippen LogP contribution >= 0.6 is 0 Å². The predicted molar refractivity (Wildman–Crippen MR) is 81.3 cm³/mol. The van der Waals surface area contributed by atoms with E-state index in [1.54, 1.807) is 12.1 Å². The minimum absolute atomic E-state index is 0.207. The lowest BCUT2D eigenvalue weighted by Crippen LogP contribution is -2.42. The summed E-state index contributed by atoms with van der Waals surface area (Å²) in [6.45, 7) is 4.21. The van der Waals surface area contributed by atoms with E-state index in [9.17, 15) is 8.42 Å². The maximum absolute atomic E-state index is 12.0. The first-order chi connectivity index (χ1) is 9.53. The number of sulfonamides is 1. The van der Waals surface area contributed by atoms with Crippen LogP contribution in [0.1, 0.15) is 26.2 Å². The SMILES string of the molecule is CCCNS(=O)(=O)c1ccc(N2CCC[C@@H](N)C2)cc1. The highest BCUT2D eigenvalue weighted by Crippen LogP contribution is 2.21. The molecule has 1 atom stereocenters. The van der Waals surface area contributed by atoms with Gasteiger partial charge in [-0.3, -0.25) is 0 Å². The molecule has 6 heteroatoms. The zero-order valence-electron chi connectivity index (χ0n) is 11.9. The molecule has 0 spiro atoms. The van der Waals surface area contributed by atoms with E-state index in [4.69, 9.17) is 5.73 Å². The molecule has 1 aromatic rings. The molecule has 1 fully saturated rings. The highest BCUT2D eigenvalue weighted by molar-refractivity contribution is 7.89. The molecule has 3 N–H and O–H groups in total. The zero-order chi connectivity index (χ0) is 14.6. The molecule has 1 aliphatic heterocycles. The number of piperidine rings is 1. The Kier molecular flexibility index (Phi) is 5.01. The van der Waals surface area contributed by atoms with Crippen LogP contribution in [0.5, 0.6) is 0 Å². The Labute approximate surface area is 121 Å². The fraction of sp³-hybridized carbons (Fsp3) is 0.571. The largest absolute Gasteiger partial charge is 0.370 e. The van der Waals surface area contributed by atoms with Crippen LogP contribution in [0.2, 0.25) is 0 Å². The summed E-state index contributed by atoms with van der Waals surface area (Å²) in [6.07, 6.45) is 2.92. The minimum atomic E-state index is -3.37. The van der Waals surface area contributed by atoms with Gasteiger partial charge in [0.05, 0.1) is 4.90 Å². The molecule has 0 aliphatic carbocycles. The summed E-state index contributed by atoms with van der Waals surface area (Å²) in [5.41, 5.74) is 7.01. The molecular weight excluding hydrogens is 274 g/mol. The van der Waals surface area contributed by atoms with Gasteiger partial charge >= 0.3 is 0 Å². The molecule has 20 heavy (non-hydrogen) atoms. The minimum Gasteiger partial charge on any atom is -0.370 e. The van der Waals surface area contributed by atoms with Crippen molar-refractivity contribution < 1.29 is 8.42 Å². The molecule has 1 saturated heterocycles. The molecule has 112 valence electrons. The number of nitrogens with two attached hydrogens (primary N) is 1. The Bertz CT molecular complexity index is 528. The summed E-state index contributed by atoms with van der Waals surface area (Å²) >= 11 is 0. The van der Waals surface area contributed by atoms with Crippen LogP contribution in [-0.2, 0) is 10.0 Å². The van der Waals surface area contributed by atoms with Crippen molar-refractivity contribution in [2.75, 3.05) is 24.5 Å². The first-order valence-electron chi connectivity index (χ1n) is 7.13.